The smallest absolute Gasteiger partial charge is 0.225 e. The molecule has 0 aromatic heterocycles. The maximum Gasteiger partial charge on any atom is 0.225 e. The first-order valence-corrected chi connectivity index (χ1v) is 11.9. The van der Waals surface area contributed by atoms with Gasteiger partial charge in [0.1, 0.15) is 0 Å². The van der Waals surface area contributed by atoms with E-state index in [-0.39, 0.29) is 28.2 Å². The summed E-state index contributed by atoms with van der Waals surface area (Å²) in [6.45, 7) is 3.72. The Morgan fingerprint density at radius 2 is 2.07 bits per heavy atom. The molecule has 2 aromatic carbocycles. The molecule has 1 heterocycles. The standard InChI is InChI=1S/C20H21ClN2O4S2/c1-12-10-20(25)23-17-11-14(6-7-18(17)28-12)29(26,27)9-8-19(24)22-16-5-3-4-15(21)13(16)2/h3-7,11-12H,8-10H2,1-2H3,(H,22,24)(H,23,25)/t12-/m0/s1. The molecule has 0 radical (unpaired) electrons. The van der Waals surface area contributed by atoms with E-state index in [4.69, 9.17) is 11.6 Å². The van der Waals surface area contributed by atoms with Crippen LogP contribution in [0, 0.1) is 6.92 Å². The number of thioether (sulfide) groups is 1. The summed E-state index contributed by atoms with van der Waals surface area (Å²) in [5.41, 5.74) is 1.77. The zero-order chi connectivity index (χ0) is 21.2. The molecule has 6 nitrogen and oxygen atoms in total. The second-order valence-corrected chi connectivity index (χ2v) is 10.9. The van der Waals surface area contributed by atoms with Crippen LogP contribution in [0.2, 0.25) is 5.02 Å². The maximum atomic E-state index is 12.7. The van der Waals surface area contributed by atoms with E-state index in [2.05, 4.69) is 10.6 Å². The quantitative estimate of drug-likeness (QED) is 0.706. The van der Waals surface area contributed by atoms with E-state index < -0.39 is 15.7 Å². The Kier molecular flexibility index (Phi) is 6.55. The lowest BCUT2D eigenvalue weighted by atomic mass is 10.2. The molecule has 154 valence electrons. The molecular formula is C20H21ClN2O4S2. The molecule has 0 unspecified atom stereocenters. The predicted molar refractivity (Wildman–Crippen MR) is 116 cm³/mol. The van der Waals surface area contributed by atoms with Crippen LogP contribution in [-0.4, -0.2) is 31.2 Å². The summed E-state index contributed by atoms with van der Waals surface area (Å²) < 4.78 is 25.4. The van der Waals surface area contributed by atoms with E-state index in [0.29, 0.717) is 22.8 Å². The van der Waals surface area contributed by atoms with Crippen molar-refractivity contribution in [3.8, 4) is 0 Å². The van der Waals surface area contributed by atoms with Crippen molar-refractivity contribution < 1.29 is 18.0 Å². The highest BCUT2D eigenvalue weighted by Gasteiger charge is 2.23. The SMILES string of the molecule is Cc1c(Cl)cccc1NC(=O)CCS(=O)(=O)c1ccc2c(c1)NC(=O)C[C@H](C)S2. The molecule has 1 aliphatic rings. The number of carbonyl (C=O) groups is 2. The van der Waals surface area contributed by atoms with Crippen molar-refractivity contribution >= 4 is 56.4 Å². The van der Waals surface area contributed by atoms with Crippen LogP contribution in [0.3, 0.4) is 0 Å². The van der Waals surface area contributed by atoms with Gasteiger partial charge in [0.2, 0.25) is 11.8 Å². The minimum Gasteiger partial charge on any atom is -0.326 e. The van der Waals surface area contributed by atoms with Crippen LogP contribution >= 0.6 is 23.4 Å². The lowest BCUT2D eigenvalue weighted by Gasteiger charge is -2.11. The number of amides is 2. The van der Waals surface area contributed by atoms with Gasteiger partial charge in [-0.2, -0.15) is 0 Å². The molecule has 29 heavy (non-hydrogen) atoms. The molecule has 0 saturated heterocycles. The van der Waals surface area contributed by atoms with Gasteiger partial charge in [-0.15, -0.1) is 11.8 Å². The lowest BCUT2D eigenvalue weighted by Crippen LogP contribution is -2.18. The monoisotopic (exact) mass is 452 g/mol. The van der Waals surface area contributed by atoms with Gasteiger partial charge >= 0.3 is 0 Å². The Balaban J connectivity index is 1.70. The highest BCUT2D eigenvalue weighted by Crippen LogP contribution is 2.36. The van der Waals surface area contributed by atoms with E-state index in [9.17, 15) is 18.0 Å². The first-order valence-electron chi connectivity index (χ1n) is 9.04. The number of rotatable bonds is 5. The Morgan fingerprint density at radius 3 is 2.83 bits per heavy atom. The maximum absolute atomic E-state index is 12.7. The van der Waals surface area contributed by atoms with Crippen LogP contribution in [0.5, 0.6) is 0 Å². The van der Waals surface area contributed by atoms with Crippen molar-refractivity contribution in [3.05, 3.63) is 47.0 Å². The fraction of sp³-hybridized carbons (Fsp3) is 0.300. The summed E-state index contributed by atoms with van der Waals surface area (Å²) in [4.78, 5) is 25.1. The second-order valence-electron chi connectivity index (χ2n) is 6.87. The Bertz CT molecular complexity index is 1070. The number of carbonyl (C=O) groups excluding carboxylic acids is 2. The van der Waals surface area contributed by atoms with Gasteiger partial charge in [-0.3, -0.25) is 9.59 Å². The van der Waals surface area contributed by atoms with Crippen molar-refractivity contribution in [2.75, 3.05) is 16.4 Å². The molecule has 9 heteroatoms. The molecule has 0 fully saturated rings. The summed E-state index contributed by atoms with van der Waals surface area (Å²) in [5.74, 6) is -0.893. The number of sulfone groups is 1. The van der Waals surface area contributed by atoms with Crippen LogP contribution in [0.1, 0.15) is 25.3 Å². The molecular weight excluding hydrogens is 432 g/mol. The van der Waals surface area contributed by atoms with Crippen LogP contribution in [0.15, 0.2) is 46.2 Å². The number of halogens is 1. The van der Waals surface area contributed by atoms with Gasteiger partial charge in [-0.25, -0.2) is 8.42 Å². The summed E-state index contributed by atoms with van der Waals surface area (Å²) in [7, 11) is -3.69. The topological polar surface area (TPSA) is 92.3 Å². The number of hydrogen-bond acceptors (Lipinski definition) is 5. The molecule has 2 N–H and O–H groups in total. The van der Waals surface area contributed by atoms with Gasteiger partial charge in [0.25, 0.3) is 0 Å². The van der Waals surface area contributed by atoms with E-state index in [1.54, 1.807) is 31.2 Å². The van der Waals surface area contributed by atoms with Gasteiger partial charge in [-0.1, -0.05) is 24.6 Å². The number of nitrogens with one attached hydrogen (secondary N) is 2. The van der Waals surface area contributed by atoms with Crippen molar-refractivity contribution in [2.45, 2.75) is 41.7 Å². The van der Waals surface area contributed by atoms with Crippen LogP contribution < -0.4 is 10.6 Å². The van der Waals surface area contributed by atoms with Crippen LogP contribution in [0.25, 0.3) is 0 Å². The highest BCUT2D eigenvalue weighted by atomic mass is 35.5. The molecule has 2 amide bonds. The first-order chi connectivity index (χ1) is 13.7. The minimum atomic E-state index is -3.69. The van der Waals surface area contributed by atoms with Gasteiger partial charge < -0.3 is 10.6 Å². The van der Waals surface area contributed by atoms with E-state index in [0.717, 1.165) is 10.5 Å². The van der Waals surface area contributed by atoms with Crippen LogP contribution in [-0.2, 0) is 19.4 Å². The fourth-order valence-corrected chi connectivity index (χ4v) is 5.41. The molecule has 0 saturated carbocycles. The summed E-state index contributed by atoms with van der Waals surface area (Å²) >= 11 is 7.56. The zero-order valence-corrected chi connectivity index (χ0v) is 18.4. The average molecular weight is 453 g/mol. The van der Waals surface area contributed by atoms with Crippen LogP contribution in [0.4, 0.5) is 11.4 Å². The molecule has 0 spiro atoms. The largest absolute Gasteiger partial charge is 0.326 e. The number of benzene rings is 2. The molecule has 2 aromatic rings. The van der Waals surface area contributed by atoms with Gasteiger partial charge in [0.15, 0.2) is 9.84 Å². The summed E-state index contributed by atoms with van der Waals surface area (Å²) in [5, 5.41) is 6.09. The molecule has 0 bridgehead atoms. The van der Waals surface area contributed by atoms with Gasteiger partial charge in [0.05, 0.1) is 16.3 Å². The molecule has 1 atom stereocenters. The molecule has 1 aliphatic heterocycles. The third-order valence-electron chi connectivity index (χ3n) is 4.52. The summed E-state index contributed by atoms with van der Waals surface area (Å²) in [6, 6.07) is 9.82. The van der Waals surface area contributed by atoms with E-state index >= 15 is 0 Å². The Hall–Kier alpha value is -2.03. The van der Waals surface area contributed by atoms with Gasteiger partial charge in [-0.05, 0) is 42.8 Å². The highest BCUT2D eigenvalue weighted by molar-refractivity contribution is 8.00. The second kappa shape index (κ2) is 8.77. The minimum absolute atomic E-state index is 0.0819. The van der Waals surface area contributed by atoms with Crippen molar-refractivity contribution in [3.63, 3.8) is 0 Å². The Labute approximate surface area is 179 Å². The fourth-order valence-electron chi connectivity index (χ4n) is 2.92. The lowest BCUT2D eigenvalue weighted by molar-refractivity contribution is -0.116. The predicted octanol–water partition coefficient (Wildman–Crippen LogP) is 4.27. The Morgan fingerprint density at radius 1 is 1.31 bits per heavy atom. The molecule has 0 aliphatic carbocycles. The van der Waals surface area contributed by atoms with E-state index in [1.165, 1.54) is 23.9 Å². The third-order valence-corrected chi connectivity index (χ3v) is 7.83. The van der Waals surface area contributed by atoms with Crippen molar-refractivity contribution in [1.29, 1.82) is 0 Å². The normalized spacial score (nSPS) is 16.5. The average Bonchev–Trinajstić information content (AvgIpc) is 2.79. The van der Waals surface area contributed by atoms with Gasteiger partial charge in [0, 0.05) is 33.7 Å². The zero-order valence-electron chi connectivity index (χ0n) is 16.0. The van der Waals surface area contributed by atoms with Crippen molar-refractivity contribution in [2.24, 2.45) is 0 Å². The summed E-state index contributed by atoms with van der Waals surface area (Å²) in [6.07, 6.45) is 0.175. The first kappa shape index (κ1) is 21.7. The van der Waals surface area contributed by atoms with Crippen molar-refractivity contribution in [1.82, 2.24) is 0 Å². The number of hydrogen-bond donors (Lipinski definition) is 2. The third kappa shape index (κ3) is 5.32. The van der Waals surface area contributed by atoms with E-state index in [1.807, 2.05) is 6.92 Å². The number of fused-ring (bicyclic) bond motifs is 1. The number of anilines is 2. The molecule has 3 rings (SSSR count).